The van der Waals surface area contributed by atoms with E-state index >= 15 is 0 Å². The van der Waals surface area contributed by atoms with Gasteiger partial charge in [-0.2, -0.15) is 5.10 Å². The number of likely N-dealkylation sites (tertiary alicyclic amines) is 1. The van der Waals surface area contributed by atoms with Crippen LogP contribution < -0.4 is 15.4 Å². The van der Waals surface area contributed by atoms with Crippen LogP contribution >= 0.6 is 11.6 Å². The summed E-state index contributed by atoms with van der Waals surface area (Å²) >= 11 is 5.88. The van der Waals surface area contributed by atoms with Crippen molar-refractivity contribution in [3.05, 3.63) is 59.8 Å². The Labute approximate surface area is 191 Å². The third-order valence-corrected chi connectivity index (χ3v) is 5.57. The average Bonchev–Trinajstić information content (AvgIpc) is 3.38. The molecule has 3 aromatic rings. The summed E-state index contributed by atoms with van der Waals surface area (Å²) in [7, 11) is 1.85. The molecule has 0 unspecified atom stereocenters. The monoisotopic (exact) mass is 457 g/mol. The van der Waals surface area contributed by atoms with Crippen LogP contribution in [0, 0.1) is 0 Å². The molecule has 1 aromatic heterocycles. The molecule has 0 bridgehead atoms. The van der Waals surface area contributed by atoms with Crippen molar-refractivity contribution in [3.63, 3.8) is 0 Å². The lowest BCUT2D eigenvalue weighted by molar-refractivity contribution is 0.225. The first-order valence-electron chi connectivity index (χ1n) is 10.4. The van der Waals surface area contributed by atoms with Gasteiger partial charge >= 0.3 is 6.03 Å². The molecule has 7 nitrogen and oxygen atoms in total. The Morgan fingerprint density at radius 1 is 1.19 bits per heavy atom. The Hall–Kier alpha value is -3.10. The van der Waals surface area contributed by atoms with E-state index in [1.807, 2.05) is 25.2 Å². The highest BCUT2D eigenvalue weighted by Crippen LogP contribution is 2.32. The molecule has 0 aliphatic carbocycles. The summed E-state index contributed by atoms with van der Waals surface area (Å²) in [5, 5.41) is 10.5. The Morgan fingerprint density at radius 3 is 2.62 bits per heavy atom. The number of anilines is 2. The maximum Gasteiger partial charge on any atom is 0.323 e. The molecule has 0 spiro atoms. The molecular weight excluding hydrogens is 433 g/mol. The number of ether oxygens (including phenoxy) is 1. The fourth-order valence-electron chi connectivity index (χ4n) is 3.67. The molecule has 2 heterocycles. The fourth-order valence-corrected chi connectivity index (χ4v) is 3.80. The summed E-state index contributed by atoms with van der Waals surface area (Å²) in [6.07, 6.45) is 1.54. The molecule has 2 aromatic carbocycles. The molecule has 168 valence electrons. The Morgan fingerprint density at radius 2 is 1.94 bits per heavy atom. The van der Waals surface area contributed by atoms with Crippen molar-refractivity contribution in [1.29, 1.82) is 0 Å². The Bertz CT molecular complexity index is 1070. The van der Waals surface area contributed by atoms with E-state index in [1.165, 1.54) is 0 Å². The van der Waals surface area contributed by atoms with Crippen LogP contribution in [0.25, 0.3) is 11.3 Å². The van der Waals surface area contributed by atoms with Crippen molar-refractivity contribution in [1.82, 2.24) is 14.7 Å². The standard InChI is InChI=1S/C23H25ClFN5O2/c1-29-21(8-10-26-29)20-14-19(28-23(31)27-18-4-2-16(24)3-5-18)6-7-22(20)32-13-12-30-11-9-17(25)15-30/h2-8,10,14,17H,9,11-13,15H2,1H3,(H2,27,28,31)/t17-/m0/s1. The molecule has 1 fully saturated rings. The van der Waals surface area contributed by atoms with Crippen LogP contribution in [0.4, 0.5) is 20.6 Å². The van der Waals surface area contributed by atoms with Crippen LogP contribution in [0.2, 0.25) is 5.02 Å². The molecule has 1 atom stereocenters. The summed E-state index contributed by atoms with van der Waals surface area (Å²) in [4.78, 5) is 14.5. The number of rotatable bonds is 7. The number of aryl methyl sites for hydroxylation is 1. The number of hydrogen-bond acceptors (Lipinski definition) is 4. The number of halogens is 2. The summed E-state index contributed by atoms with van der Waals surface area (Å²) in [5.74, 6) is 0.674. The fraction of sp³-hybridized carbons (Fsp3) is 0.304. The number of nitrogens with one attached hydrogen (secondary N) is 2. The number of alkyl halides is 1. The highest BCUT2D eigenvalue weighted by molar-refractivity contribution is 6.30. The van der Waals surface area contributed by atoms with Gasteiger partial charge < -0.3 is 15.4 Å². The van der Waals surface area contributed by atoms with Crippen LogP contribution in [0.5, 0.6) is 5.75 Å². The van der Waals surface area contributed by atoms with E-state index < -0.39 is 6.17 Å². The predicted molar refractivity (Wildman–Crippen MR) is 124 cm³/mol. The first kappa shape index (κ1) is 22.1. The maximum absolute atomic E-state index is 13.4. The predicted octanol–water partition coefficient (Wildman–Crippen LogP) is 4.81. The molecule has 32 heavy (non-hydrogen) atoms. The minimum absolute atomic E-state index is 0.369. The number of urea groups is 1. The second-order valence-electron chi connectivity index (χ2n) is 7.67. The Balaban J connectivity index is 1.46. The van der Waals surface area contributed by atoms with Crippen molar-refractivity contribution in [3.8, 4) is 17.0 Å². The number of hydrogen-bond donors (Lipinski definition) is 2. The van der Waals surface area contributed by atoms with E-state index in [0.717, 1.165) is 17.8 Å². The number of nitrogens with zero attached hydrogens (tertiary/aromatic N) is 3. The molecule has 9 heteroatoms. The zero-order chi connectivity index (χ0) is 22.5. The van der Waals surface area contributed by atoms with Gasteiger partial charge in [0.25, 0.3) is 0 Å². The highest BCUT2D eigenvalue weighted by Gasteiger charge is 2.21. The van der Waals surface area contributed by atoms with Crippen molar-refractivity contribution < 1.29 is 13.9 Å². The number of amides is 2. The zero-order valence-electron chi connectivity index (χ0n) is 17.7. The molecule has 1 aliphatic rings. The van der Waals surface area contributed by atoms with Gasteiger partial charge in [0.05, 0.1) is 5.69 Å². The lowest BCUT2D eigenvalue weighted by Crippen LogP contribution is -2.26. The molecule has 4 rings (SSSR count). The first-order chi connectivity index (χ1) is 15.5. The third-order valence-electron chi connectivity index (χ3n) is 5.32. The van der Waals surface area contributed by atoms with Crippen LogP contribution in [-0.2, 0) is 7.05 Å². The van der Waals surface area contributed by atoms with E-state index in [9.17, 15) is 9.18 Å². The molecular formula is C23H25ClFN5O2. The highest BCUT2D eigenvalue weighted by atomic mass is 35.5. The van der Waals surface area contributed by atoms with Gasteiger partial charge in [-0.3, -0.25) is 9.58 Å². The molecule has 2 amide bonds. The van der Waals surface area contributed by atoms with E-state index in [2.05, 4.69) is 20.6 Å². The van der Waals surface area contributed by atoms with Crippen LogP contribution in [0.1, 0.15) is 6.42 Å². The zero-order valence-corrected chi connectivity index (χ0v) is 18.5. The molecule has 1 saturated heterocycles. The topological polar surface area (TPSA) is 71.4 Å². The van der Waals surface area contributed by atoms with Crippen LogP contribution in [0.15, 0.2) is 54.7 Å². The van der Waals surface area contributed by atoms with Crippen LogP contribution in [-0.4, -0.2) is 53.1 Å². The van der Waals surface area contributed by atoms with Gasteiger partial charge in [-0.25, -0.2) is 9.18 Å². The van der Waals surface area contributed by atoms with Gasteiger partial charge in [-0.05, 0) is 55.0 Å². The van der Waals surface area contributed by atoms with Crippen molar-refractivity contribution in [2.45, 2.75) is 12.6 Å². The van der Waals surface area contributed by atoms with Gasteiger partial charge in [0.15, 0.2) is 0 Å². The largest absolute Gasteiger partial charge is 0.492 e. The van der Waals surface area contributed by atoms with E-state index in [4.69, 9.17) is 16.3 Å². The summed E-state index contributed by atoms with van der Waals surface area (Å²) in [6, 6.07) is 13.8. The van der Waals surface area contributed by atoms with Crippen molar-refractivity contribution in [2.24, 2.45) is 7.05 Å². The Kier molecular flexibility index (Phi) is 6.92. The number of benzene rings is 2. The van der Waals surface area contributed by atoms with E-state index in [-0.39, 0.29) is 6.03 Å². The molecule has 2 N–H and O–H groups in total. The summed E-state index contributed by atoms with van der Waals surface area (Å²) in [6.45, 7) is 2.32. The van der Waals surface area contributed by atoms with E-state index in [1.54, 1.807) is 41.2 Å². The summed E-state index contributed by atoms with van der Waals surface area (Å²) in [5.41, 5.74) is 2.90. The second-order valence-corrected chi connectivity index (χ2v) is 8.11. The van der Waals surface area contributed by atoms with Gasteiger partial charge in [0.1, 0.15) is 18.5 Å². The van der Waals surface area contributed by atoms with Crippen molar-refractivity contribution in [2.75, 3.05) is 36.9 Å². The maximum atomic E-state index is 13.4. The summed E-state index contributed by atoms with van der Waals surface area (Å²) < 4.78 is 21.2. The number of carbonyl (C=O) groups excluding carboxylic acids is 1. The molecule has 0 radical (unpaired) electrons. The number of carbonyl (C=O) groups is 1. The van der Waals surface area contributed by atoms with Crippen LogP contribution in [0.3, 0.4) is 0 Å². The van der Waals surface area contributed by atoms with Gasteiger partial charge in [0.2, 0.25) is 0 Å². The quantitative estimate of drug-likeness (QED) is 0.534. The lowest BCUT2D eigenvalue weighted by atomic mass is 10.1. The SMILES string of the molecule is Cn1nccc1-c1cc(NC(=O)Nc2ccc(Cl)cc2)ccc1OCCN1CC[C@H](F)C1. The van der Waals surface area contributed by atoms with Gasteiger partial charge in [-0.15, -0.1) is 0 Å². The normalized spacial score (nSPS) is 16.2. The third kappa shape index (κ3) is 5.57. The average molecular weight is 458 g/mol. The van der Waals surface area contributed by atoms with Gasteiger partial charge in [-0.1, -0.05) is 11.6 Å². The molecule has 0 saturated carbocycles. The van der Waals surface area contributed by atoms with Crippen molar-refractivity contribution >= 4 is 29.0 Å². The second kappa shape index (κ2) is 10.0. The minimum atomic E-state index is -0.746. The minimum Gasteiger partial charge on any atom is -0.492 e. The molecule has 1 aliphatic heterocycles. The van der Waals surface area contributed by atoms with Gasteiger partial charge in [0, 0.05) is 54.8 Å². The smallest absolute Gasteiger partial charge is 0.323 e. The first-order valence-corrected chi connectivity index (χ1v) is 10.8. The number of aromatic nitrogens is 2. The van der Waals surface area contributed by atoms with E-state index in [0.29, 0.717) is 48.3 Å². The lowest BCUT2D eigenvalue weighted by Gasteiger charge is -2.17.